The van der Waals surface area contributed by atoms with Crippen molar-refractivity contribution >= 4 is 16.9 Å². The molecule has 0 unspecified atom stereocenters. The molecule has 3 aromatic rings. The van der Waals surface area contributed by atoms with E-state index in [1.54, 1.807) is 6.26 Å². The van der Waals surface area contributed by atoms with E-state index in [0.717, 1.165) is 46.4 Å². The highest BCUT2D eigenvalue weighted by Gasteiger charge is 2.18. The zero-order valence-electron chi connectivity index (χ0n) is 15.0. The zero-order chi connectivity index (χ0) is 18.2. The van der Waals surface area contributed by atoms with Gasteiger partial charge in [-0.3, -0.25) is 4.79 Å². The summed E-state index contributed by atoms with van der Waals surface area (Å²) in [6.07, 6.45) is 5.45. The molecule has 5 rings (SSSR count). The molecule has 5 nitrogen and oxygen atoms in total. The SMILES string of the molecule is O=C(Cc1coc2cc3c(cc12)CCC3)NCc1cccc2c1OCCO2. The van der Waals surface area contributed by atoms with Gasteiger partial charge in [-0.1, -0.05) is 12.1 Å². The minimum Gasteiger partial charge on any atom is -0.486 e. The van der Waals surface area contributed by atoms with Gasteiger partial charge >= 0.3 is 0 Å². The molecule has 0 atom stereocenters. The van der Waals surface area contributed by atoms with Crippen LogP contribution in [0.5, 0.6) is 11.5 Å². The molecule has 27 heavy (non-hydrogen) atoms. The van der Waals surface area contributed by atoms with Crippen molar-refractivity contribution in [3.63, 3.8) is 0 Å². The number of para-hydroxylation sites is 1. The molecule has 5 heteroatoms. The van der Waals surface area contributed by atoms with E-state index in [9.17, 15) is 4.79 Å². The van der Waals surface area contributed by atoms with Gasteiger partial charge in [0.25, 0.3) is 0 Å². The van der Waals surface area contributed by atoms with Crippen molar-refractivity contribution in [3.05, 3.63) is 58.8 Å². The molecule has 0 radical (unpaired) electrons. The predicted molar refractivity (Wildman–Crippen MR) is 101 cm³/mol. The van der Waals surface area contributed by atoms with Crippen LogP contribution >= 0.6 is 0 Å². The molecule has 0 saturated carbocycles. The van der Waals surface area contributed by atoms with E-state index in [1.807, 2.05) is 18.2 Å². The van der Waals surface area contributed by atoms with E-state index in [-0.39, 0.29) is 5.91 Å². The first kappa shape index (κ1) is 16.2. The molecule has 138 valence electrons. The van der Waals surface area contributed by atoms with Gasteiger partial charge in [0.05, 0.1) is 12.7 Å². The first-order chi connectivity index (χ1) is 13.3. The number of aryl methyl sites for hydroxylation is 2. The maximum atomic E-state index is 12.5. The number of furan rings is 1. The second-order valence-corrected chi connectivity index (χ2v) is 7.13. The third kappa shape index (κ3) is 3.03. The zero-order valence-corrected chi connectivity index (χ0v) is 15.0. The van der Waals surface area contributed by atoms with Crippen molar-refractivity contribution in [1.82, 2.24) is 5.32 Å². The molecule has 0 fully saturated rings. The smallest absolute Gasteiger partial charge is 0.224 e. The minimum atomic E-state index is -0.0347. The highest BCUT2D eigenvalue weighted by Crippen LogP contribution is 2.33. The Kier molecular flexibility index (Phi) is 4.00. The molecule has 1 aliphatic carbocycles. The van der Waals surface area contributed by atoms with Crippen molar-refractivity contribution in [2.24, 2.45) is 0 Å². The molecule has 1 aliphatic heterocycles. The third-order valence-electron chi connectivity index (χ3n) is 5.34. The molecule has 1 aromatic heterocycles. The maximum absolute atomic E-state index is 12.5. The Morgan fingerprint density at radius 3 is 2.81 bits per heavy atom. The minimum absolute atomic E-state index is 0.0347. The number of nitrogens with one attached hydrogen (secondary N) is 1. The van der Waals surface area contributed by atoms with Crippen LogP contribution in [0.2, 0.25) is 0 Å². The summed E-state index contributed by atoms with van der Waals surface area (Å²) in [5.74, 6) is 1.43. The van der Waals surface area contributed by atoms with Crippen LogP contribution in [0.15, 0.2) is 41.0 Å². The summed E-state index contributed by atoms with van der Waals surface area (Å²) >= 11 is 0. The molecule has 0 saturated heterocycles. The normalized spacial score (nSPS) is 15.0. The lowest BCUT2D eigenvalue weighted by atomic mass is 10.0. The van der Waals surface area contributed by atoms with Crippen LogP contribution in [-0.2, 0) is 30.6 Å². The van der Waals surface area contributed by atoms with Gasteiger partial charge in [0, 0.05) is 23.1 Å². The summed E-state index contributed by atoms with van der Waals surface area (Å²) in [7, 11) is 0. The van der Waals surface area contributed by atoms with Gasteiger partial charge in [0.2, 0.25) is 5.91 Å². The monoisotopic (exact) mass is 363 g/mol. The largest absolute Gasteiger partial charge is 0.486 e. The number of rotatable bonds is 4. The number of carbonyl (C=O) groups excluding carboxylic acids is 1. The fourth-order valence-electron chi connectivity index (χ4n) is 3.99. The Morgan fingerprint density at radius 2 is 1.89 bits per heavy atom. The fraction of sp³-hybridized carbons (Fsp3) is 0.318. The molecule has 1 amide bonds. The van der Waals surface area contributed by atoms with E-state index in [4.69, 9.17) is 13.9 Å². The van der Waals surface area contributed by atoms with Crippen molar-refractivity contribution in [1.29, 1.82) is 0 Å². The van der Waals surface area contributed by atoms with Crippen LogP contribution in [-0.4, -0.2) is 19.1 Å². The second-order valence-electron chi connectivity index (χ2n) is 7.13. The van der Waals surface area contributed by atoms with Crippen molar-refractivity contribution in [2.75, 3.05) is 13.2 Å². The van der Waals surface area contributed by atoms with Crippen LogP contribution in [0.3, 0.4) is 0 Å². The van der Waals surface area contributed by atoms with Gasteiger partial charge in [-0.2, -0.15) is 0 Å². The highest BCUT2D eigenvalue weighted by molar-refractivity contribution is 5.88. The van der Waals surface area contributed by atoms with Gasteiger partial charge in [-0.15, -0.1) is 0 Å². The average molecular weight is 363 g/mol. The van der Waals surface area contributed by atoms with Gasteiger partial charge in [0.1, 0.15) is 18.8 Å². The Hall–Kier alpha value is -2.95. The lowest BCUT2D eigenvalue weighted by Crippen LogP contribution is -2.25. The first-order valence-electron chi connectivity index (χ1n) is 9.44. The van der Waals surface area contributed by atoms with Crippen molar-refractivity contribution in [3.8, 4) is 11.5 Å². The van der Waals surface area contributed by atoms with E-state index in [0.29, 0.717) is 26.2 Å². The van der Waals surface area contributed by atoms with E-state index in [2.05, 4.69) is 17.4 Å². The number of carbonyl (C=O) groups is 1. The van der Waals surface area contributed by atoms with Crippen molar-refractivity contribution in [2.45, 2.75) is 32.2 Å². The molecular formula is C22H21NO4. The van der Waals surface area contributed by atoms with Crippen LogP contribution in [0.1, 0.15) is 28.7 Å². The third-order valence-corrected chi connectivity index (χ3v) is 5.34. The summed E-state index contributed by atoms with van der Waals surface area (Å²) in [4.78, 5) is 12.5. The van der Waals surface area contributed by atoms with E-state index in [1.165, 1.54) is 17.5 Å². The Morgan fingerprint density at radius 1 is 1.04 bits per heavy atom. The fourth-order valence-corrected chi connectivity index (χ4v) is 3.99. The average Bonchev–Trinajstić information content (AvgIpc) is 3.31. The number of fused-ring (bicyclic) bond motifs is 3. The van der Waals surface area contributed by atoms with Crippen molar-refractivity contribution < 1.29 is 18.7 Å². The summed E-state index contributed by atoms with van der Waals surface area (Å²) in [6.45, 7) is 1.50. The predicted octanol–water partition coefficient (Wildman–Crippen LogP) is 3.55. The van der Waals surface area contributed by atoms with Gasteiger partial charge < -0.3 is 19.2 Å². The lowest BCUT2D eigenvalue weighted by molar-refractivity contribution is -0.120. The van der Waals surface area contributed by atoms with Crippen LogP contribution in [0.25, 0.3) is 11.0 Å². The topological polar surface area (TPSA) is 60.7 Å². The summed E-state index contributed by atoms with van der Waals surface area (Å²) in [6, 6.07) is 10.1. The van der Waals surface area contributed by atoms with Crippen LogP contribution in [0, 0.1) is 0 Å². The summed E-state index contributed by atoms with van der Waals surface area (Å²) in [5.41, 5.74) is 5.51. The molecular weight excluding hydrogens is 342 g/mol. The molecule has 1 N–H and O–H groups in total. The van der Waals surface area contributed by atoms with Gasteiger partial charge in [0.15, 0.2) is 11.5 Å². The Balaban J connectivity index is 1.30. The number of hydrogen-bond donors (Lipinski definition) is 1. The number of ether oxygens (including phenoxy) is 2. The second kappa shape index (κ2) is 6.65. The van der Waals surface area contributed by atoms with Crippen LogP contribution in [0.4, 0.5) is 0 Å². The first-order valence-corrected chi connectivity index (χ1v) is 9.44. The quantitative estimate of drug-likeness (QED) is 0.770. The standard InChI is InChI=1S/C22H21NO4/c24-21(23-12-16-5-2-6-19-22(16)26-8-7-25-19)11-17-13-27-20-10-15-4-1-3-14(15)9-18(17)20/h2,5-6,9-10,13H,1,3-4,7-8,11-12H2,(H,23,24). The van der Waals surface area contributed by atoms with Gasteiger partial charge in [-0.25, -0.2) is 0 Å². The lowest BCUT2D eigenvalue weighted by Gasteiger charge is -2.21. The Bertz CT molecular complexity index is 1020. The summed E-state index contributed by atoms with van der Waals surface area (Å²) in [5, 5.41) is 4.04. The molecule has 0 bridgehead atoms. The number of amides is 1. The van der Waals surface area contributed by atoms with Crippen LogP contribution < -0.4 is 14.8 Å². The number of benzene rings is 2. The highest BCUT2D eigenvalue weighted by atomic mass is 16.6. The summed E-state index contributed by atoms with van der Waals surface area (Å²) < 4.78 is 17.0. The van der Waals surface area contributed by atoms with E-state index >= 15 is 0 Å². The molecule has 2 aliphatic rings. The number of hydrogen-bond acceptors (Lipinski definition) is 4. The maximum Gasteiger partial charge on any atom is 0.224 e. The van der Waals surface area contributed by atoms with Gasteiger partial charge in [-0.05, 0) is 48.6 Å². The molecule has 2 aromatic carbocycles. The molecule has 0 spiro atoms. The van der Waals surface area contributed by atoms with E-state index < -0.39 is 0 Å². The Labute approximate surface area is 157 Å². The molecule has 2 heterocycles.